The summed E-state index contributed by atoms with van der Waals surface area (Å²) in [4.78, 5) is 0. The van der Waals surface area contributed by atoms with Gasteiger partial charge in [0.1, 0.15) is 17.4 Å². The molecule has 0 saturated carbocycles. The molecule has 4 heteroatoms. The molecule has 1 aromatic carbocycles. The number of nitrogens with zero attached hydrogens (tertiary/aromatic N) is 1. The normalized spacial score (nSPS) is 10.3. The average Bonchev–Trinajstić information content (AvgIpc) is 2.65. The van der Waals surface area contributed by atoms with Gasteiger partial charge in [0, 0.05) is 16.0 Å². The number of nitriles is 1. The van der Waals surface area contributed by atoms with Crippen molar-refractivity contribution in [2.75, 3.05) is 0 Å². The van der Waals surface area contributed by atoms with Crippen molar-refractivity contribution in [2.24, 2.45) is 0 Å². The van der Waals surface area contributed by atoms with Gasteiger partial charge in [-0.1, -0.05) is 0 Å². The Bertz CT molecular complexity index is 527. The van der Waals surface area contributed by atoms with E-state index in [1.54, 1.807) is 6.07 Å². The molecule has 2 nitrogen and oxygen atoms in total. The van der Waals surface area contributed by atoms with Crippen molar-refractivity contribution < 1.29 is 5.11 Å². The second-order valence-corrected chi connectivity index (χ2v) is 4.02. The lowest BCUT2D eigenvalue weighted by Crippen LogP contribution is -1.83. The average molecular weight is 224 g/mol. The van der Waals surface area contributed by atoms with Gasteiger partial charge in [-0.05, 0) is 23.1 Å². The lowest BCUT2D eigenvalue weighted by molar-refractivity contribution is 0.474. The highest BCUT2D eigenvalue weighted by Crippen LogP contribution is 2.34. The van der Waals surface area contributed by atoms with Gasteiger partial charge in [0.25, 0.3) is 0 Å². The van der Waals surface area contributed by atoms with E-state index in [0.29, 0.717) is 11.4 Å². The van der Waals surface area contributed by atoms with Gasteiger partial charge in [-0.3, -0.25) is 0 Å². The highest BCUT2D eigenvalue weighted by atomic mass is 35.5. The van der Waals surface area contributed by atoms with E-state index in [-0.39, 0.29) is 5.75 Å². The third-order valence-electron chi connectivity index (χ3n) is 2.05. The Hall–Kier alpha value is -1.24. The monoisotopic (exact) mass is 223 g/mol. The third kappa shape index (κ3) is 1.24. The number of thiophene rings is 1. The Morgan fingerprint density at radius 3 is 3.00 bits per heavy atom. The van der Waals surface area contributed by atoms with Crippen LogP contribution in [0, 0.1) is 11.3 Å². The van der Waals surface area contributed by atoms with E-state index in [0.717, 1.165) is 15.6 Å². The summed E-state index contributed by atoms with van der Waals surface area (Å²) in [5, 5.41) is 21.1. The molecule has 0 atom stereocenters. The minimum absolute atomic E-state index is 0.00838. The lowest BCUT2D eigenvalue weighted by Gasteiger charge is -2.02. The third-order valence-corrected chi connectivity index (χ3v) is 3.33. The predicted molar refractivity (Wildman–Crippen MR) is 57.8 cm³/mol. The fraction of sp³-hybridized carbons (Fsp3) is 0.100. The van der Waals surface area contributed by atoms with E-state index in [1.165, 1.54) is 11.3 Å². The zero-order valence-corrected chi connectivity index (χ0v) is 8.69. The van der Waals surface area contributed by atoms with Crippen LogP contribution in [0.5, 0.6) is 5.75 Å². The number of hydrogen-bond donors (Lipinski definition) is 1. The van der Waals surface area contributed by atoms with Crippen LogP contribution in [-0.2, 0) is 5.88 Å². The van der Waals surface area contributed by atoms with E-state index >= 15 is 0 Å². The summed E-state index contributed by atoms with van der Waals surface area (Å²) in [6.45, 7) is 0. The minimum Gasteiger partial charge on any atom is -0.507 e. The smallest absolute Gasteiger partial charge is 0.134 e. The van der Waals surface area contributed by atoms with E-state index in [1.807, 2.05) is 17.5 Å². The van der Waals surface area contributed by atoms with Gasteiger partial charge in [-0.2, -0.15) is 5.26 Å². The summed E-state index contributed by atoms with van der Waals surface area (Å²) < 4.78 is 0.981. The molecule has 0 saturated heterocycles. The molecular weight excluding hydrogens is 218 g/mol. The summed E-state index contributed by atoms with van der Waals surface area (Å²) in [6.07, 6.45) is 0. The Balaban J connectivity index is 2.90. The highest BCUT2D eigenvalue weighted by molar-refractivity contribution is 7.17. The molecule has 0 unspecified atom stereocenters. The van der Waals surface area contributed by atoms with E-state index in [2.05, 4.69) is 0 Å². The molecule has 1 N–H and O–H groups in total. The SMILES string of the molecule is N#Cc1c(O)cc(CCl)c2sccc12. The molecule has 0 amide bonds. The number of benzene rings is 1. The molecule has 0 aliphatic rings. The summed E-state index contributed by atoms with van der Waals surface area (Å²) in [6, 6.07) is 5.38. The molecule has 2 rings (SSSR count). The maximum Gasteiger partial charge on any atom is 0.134 e. The van der Waals surface area contributed by atoms with Crippen LogP contribution in [0.4, 0.5) is 0 Å². The van der Waals surface area contributed by atoms with Crippen LogP contribution in [0.15, 0.2) is 17.5 Å². The number of fused-ring (bicyclic) bond motifs is 1. The standard InChI is InChI=1S/C10H6ClNOS/c11-4-6-3-9(13)8(5-12)7-1-2-14-10(6)7/h1-3,13H,4H2. The number of phenolic OH excluding ortho intramolecular Hbond substituents is 1. The molecule has 0 aliphatic carbocycles. The van der Waals surface area contributed by atoms with Crippen LogP contribution >= 0.6 is 22.9 Å². The first-order chi connectivity index (χ1) is 6.77. The molecule has 0 fully saturated rings. The van der Waals surface area contributed by atoms with E-state index in [4.69, 9.17) is 16.9 Å². The largest absolute Gasteiger partial charge is 0.507 e. The molecule has 0 radical (unpaired) electrons. The van der Waals surface area contributed by atoms with Crippen LogP contribution in [0.3, 0.4) is 0 Å². The summed E-state index contributed by atoms with van der Waals surface area (Å²) in [5.41, 5.74) is 1.20. The van der Waals surface area contributed by atoms with Crippen molar-refractivity contribution in [3.05, 3.63) is 28.6 Å². The molecule has 0 bridgehead atoms. The van der Waals surface area contributed by atoms with Crippen LogP contribution < -0.4 is 0 Å². The number of halogens is 1. The number of rotatable bonds is 1. The van der Waals surface area contributed by atoms with Gasteiger partial charge < -0.3 is 5.11 Å². The van der Waals surface area contributed by atoms with Gasteiger partial charge in [0.2, 0.25) is 0 Å². The Kier molecular flexibility index (Phi) is 2.32. The molecule has 0 aliphatic heterocycles. The molecule has 1 heterocycles. The fourth-order valence-electron chi connectivity index (χ4n) is 1.41. The second-order valence-electron chi connectivity index (χ2n) is 2.84. The van der Waals surface area contributed by atoms with Gasteiger partial charge in [-0.25, -0.2) is 0 Å². The topological polar surface area (TPSA) is 44.0 Å². The minimum atomic E-state index is 0.00838. The van der Waals surface area contributed by atoms with Crippen molar-refractivity contribution >= 4 is 33.0 Å². The Labute approximate surface area is 90.0 Å². The number of hydrogen-bond acceptors (Lipinski definition) is 3. The van der Waals surface area contributed by atoms with Crippen molar-refractivity contribution in [1.29, 1.82) is 5.26 Å². The first-order valence-electron chi connectivity index (χ1n) is 3.96. The van der Waals surface area contributed by atoms with Crippen molar-refractivity contribution in [1.82, 2.24) is 0 Å². The first kappa shape index (κ1) is 9.32. The van der Waals surface area contributed by atoms with Crippen LogP contribution in [0.1, 0.15) is 11.1 Å². The van der Waals surface area contributed by atoms with Gasteiger partial charge in [0.15, 0.2) is 0 Å². The summed E-state index contributed by atoms with van der Waals surface area (Å²) in [7, 11) is 0. The summed E-state index contributed by atoms with van der Waals surface area (Å²) >= 11 is 7.27. The molecule has 2 aromatic rings. The second kappa shape index (κ2) is 3.49. The van der Waals surface area contributed by atoms with Gasteiger partial charge in [0.05, 0.1) is 0 Å². The zero-order valence-electron chi connectivity index (χ0n) is 7.12. The zero-order chi connectivity index (χ0) is 10.1. The molecular formula is C10H6ClNOS. The molecule has 14 heavy (non-hydrogen) atoms. The number of phenols is 1. The first-order valence-corrected chi connectivity index (χ1v) is 5.37. The number of alkyl halides is 1. The highest BCUT2D eigenvalue weighted by Gasteiger charge is 2.11. The number of aromatic hydroxyl groups is 1. The maximum absolute atomic E-state index is 9.56. The lowest BCUT2D eigenvalue weighted by atomic mass is 10.1. The maximum atomic E-state index is 9.56. The molecule has 70 valence electrons. The van der Waals surface area contributed by atoms with E-state index in [9.17, 15) is 5.11 Å². The fourth-order valence-corrected chi connectivity index (χ4v) is 2.62. The van der Waals surface area contributed by atoms with Gasteiger partial charge in [-0.15, -0.1) is 22.9 Å². The Morgan fingerprint density at radius 1 is 1.57 bits per heavy atom. The van der Waals surface area contributed by atoms with Crippen LogP contribution in [0.2, 0.25) is 0 Å². The van der Waals surface area contributed by atoms with Gasteiger partial charge >= 0.3 is 0 Å². The molecule has 1 aromatic heterocycles. The predicted octanol–water partition coefficient (Wildman–Crippen LogP) is 3.22. The van der Waals surface area contributed by atoms with Crippen LogP contribution in [-0.4, -0.2) is 5.11 Å². The van der Waals surface area contributed by atoms with Crippen LogP contribution in [0.25, 0.3) is 10.1 Å². The Morgan fingerprint density at radius 2 is 2.36 bits per heavy atom. The van der Waals surface area contributed by atoms with Crippen molar-refractivity contribution in [3.63, 3.8) is 0 Å². The van der Waals surface area contributed by atoms with Crippen molar-refractivity contribution in [2.45, 2.75) is 5.88 Å². The van der Waals surface area contributed by atoms with Crippen molar-refractivity contribution in [3.8, 4) is 11.8 Å². The molecule has 0 spiro atoms. The summed E-state index contributed by atoms with van der Waals surface area (Å²) in [5.74, 6) is 0.352. The quantitative estimate of drug-likeness (QED) is 0.755. The van der Waals surface area contributed by atoms with E-state index < -0.39 is 0 Å².